The van der Waals surface area contributed by atoms with Crippen LogP contribution in [0.2, 0.25) is 0 Å². The van der Waals surface area contributed by atoms with Gasteiger partial charge in [-0.2, -0.15) is 5.10 Å². The molecular weight excluding hydrogens is 394 g/mol. The second kappa shape index (κ2) is 8.88. The van der Waals surface area contributed by atoms with Crippen LogP contribution in [0.4, 0.5) is 5.69 Å². The molecule has 6 heteroatoms. The largest absolute Gasteiger partial charge is 0.306 e. The maximum Gasteiger partial charge on any atom is 0.267 e. The number of amides is 1. The number of aryl methyl sites for hydroxylation is 1. The third-order valence-corrected chi connectivity index (χ3v) is 5.72. The van der Waals surface area contributed by atoms with Crippen molar-refractivity contribution in [3.63, 3.8) is 0 Å². The third kappa shape index (κ3) is 4.55. The molecule has 0 N–H and O–H groups in total. The van der Waals surface area contributed by atoms with Crippen LogP contribution < -0.4 is 10.5 Å². The van der Waals surface area contributed by atoms with E-state index in [0.29, 0.717) is 12.2 Å². The number of benzene rings is 2. The van der Waals surface area contributed by atoms with Gasteiger partial charge in [0.15, 0.2) is 0 Å². The van der Waals surface area contributed by atoms with Gasteiger partial charge in [-0.25, -0.2) is 4.68 Å². The number of nitrogens with zero attached hydrogens (tertiary/aromatic N) is 3. The number of carbonyl (C=O) groups is 1. The minimum Gasteiger partial charge on any atom is -0.306 e. The van der Waals surface area contributed by atoms with Gasteiger partial charge in [0, 0.05) is 16.6 Å². The van der Waals surface area contributed by atoms with E-state index >= 15 is 0 Å². The van der Waals surface area contributed by atoms with Crippen molar-refractivity contribution in [2.75, 3.05) is 4.90 Å². The summed E-state index contributed by atoms with van der Waals surface area (Å²) in [6.07, 6.45) is 0. The summed E-state index contributed by atoms with van der Waals surface area (Å²) in [5, 5.41) is 4.45. The Labute approximate surface area is 178 Å². The highest BCUT2D eigenvalue weighted by atomic mass is 32.1. The average molecular weight is 416 g/mol. The fourth-order valence-electron chi connectivity index (χ4n) is 3.18. The minimum absolute atomic E-state index is 0.126. The molecule has 0 aliphatic carbocycles. The minimum atomic E-state index is -0.298. The molecule has 2 aromatic heterocycles. The van der Waals surface area contributed by atoms with Crippen LogP contribution in [0.15, 0.2) is 89.7 Å². The molecule has 0 bridgehead atoms. The zero-order valence-electron chi connectivity index (χ0n) is 16.6. The Morgan fingerprint density at radius 2 is 1.63 bits per heavy atom. The highest BCUT2D eigenvalue weighted by molar-refractivity contribution is 7.15. The van der Waals surface area contributed by atoms with Gasteiger partial charge in [-0.3, -0.25) is 9.59 Å². The Hall–Kier alpha value is -3.51. The molecule has 2 aromatic carbocycles. The first-order valence-electron chi connectivity index (χ1n) is 9.64. The number of hydrogen-bond acceptors (Lipinski definition) is 4. The van der Waals surface area contributed by atoms with Crippen molar-refractivity contribution < 1.29 is 4.79 Å². The summed E-state index contributed by atoms with van der Waals surface area (Å²) < 4.78 is 1.24. The molecule has 2 heterocycles. The summed E-state index contributed by atoms with van der Waals surface area (Å²) >= 11 is 1.61. The van der Waals surface area contributed by atoms with Crippen LogP contribution in [0, 0.1) is 6.92 Å². The van der Waals surface area contributed by atoms with Crippen LogP contribution in [0.25, 0.3) is 10.6 Å². The van der Waals surface area contributed by atoms with E-state index < -0.39 is 0 Å². The Morgan fingerprint density at radius 1 is 0.933 bits per heavy atom. The monoisotopic (exact) mass is 415 g/mol. The quantitative estimate of drug-likeness (QED) is 0.465. The van der Waals surface area contributed by atoms with Crippen molar-refractivity contribution in [3.8, 4) is 10.6 Å². The molecule has 0 spiro atoms. The molecule has 0 aliphatic rings. The second-order valence-electron chi connectivity index (χ2n) is 6.93. The Kier molecular flexibility index (Phi) is 5.86. The molecule has 0 radical (unpaired) electrons. The summed E-state index contributed by atoms with van der Waals surface area (Å²) in [5.41, 5.74) is 2.19. The van der Waals surface area contributed by atoms with Crippen LogP contribution in [-0.4, -0.2) is 15.7 Å². The predicted molar refractivity (Wildman–Crippen MR) is 121 cm³/mol. The van der Waals surface area contributed by atoms with Gasteiger partial charge in [0.25, 0.3) is 5.56 Å². The van der Waals surface area contributed by atoms with Gasteiger partial charge in [-0.1, -0.05) is 48.5 Å². The standard InChI is InChI=1S/C24H21N3O2S/c1-18-12-14-22(30-18)21-13-15-23(28)27(25-21)17-24(29)26(20-10-6-3-7-11-20)16-19-8-4-2-5-9-19/h2-15H,16-17H2,1H3. The molecule has 0 saturated carbocycles. The zero-order valence-corrected chi connectivity index (χ0v) is 17.4. The molecule has 0 saturated heterocycles. The SMILES string of the molecule is Cc1ccc(-c2ccc(=O)n(CC(=O)N(Cc3ccccc3)c3ccccc3)n2)s1. The number of thiophene rings is 1. The van der Waals surface area contributed by atoms with Crippen LogP contribution in [-0.2, 0) is 17.9 Å². The van der Waals surface area contributed by atoms with Gasteiger partial charge in [0.1, 0.15) is 12.2 Å². The summed E-state index contributed by atoms with van der Waals surface area (Å²) in [7, 11) is 0. The normalized spacial score (nSPS) is 10.7. The molecular formula is C24H21N3O2S. The lowest BCUT2D eigenvalue weighted by molar-refractivity contribution is -0.119. The number of rotatable bonds is 6. The zero-order chi connectivity index (χ0) is 20.9. The molecule has 0 aliphatic heterocycles. The Morgan fingerprint density at radius 3 is 2.30 bits per heavy atom. The number of para-hydroxylation sites is 1. The van der Waals surface area contributed by atoms with E-state index in [1.165, 1.54) is 15.6 Å². The molecule has 0 atom stereocenters. The third-order valence-electron chi connectivity index (χ3n) is 4.70. The highest BCUT2D eigenvalue weighted by Gasteiger charge is 2.18. The Balaban J connectivity index is 1.63. The van der Waals surface area contributed by atoms with E-state index in [-0.39, 0.29) is 18.0 Å². The van der Waals surface area contributed by atoms with E-state index in [0.717, 1.165) is 16.1 Å². The first kappa shape index (κ1) is 19.8. The van der Waals surface area contributed by atoms with Crippen molar-refractivity contribution >= 4 is 22.9 Å². The molecule has 4 aromatic rings. The smallest absolute Gasteiger partial charge is 0.267 e. The molecule has 5 nitrogen and oxygen atoms in total. The number of hydrogen-bond donors (Lipinski definition) is 0. The van der Waals surface area contributed by atoms with E-state index in [2.05, 4.69) is 5.10 Å². The molecule has 4 rings (SSSR count). The van der Waals surface area contributed by atoms with Crippen LogP contribution in [0.3, 0.4) is 0 Å². The van der Waals surface area contributed by atoms with Gasteiger partial charge in [0.05, 0.1) is 11.4 Å². The fourth-order valence-corrected chi connectivity index (χ4v) is 4.01. The molecule has 0 unspecified atom stereocenters. The maximum absolute atomic E-state index is 13.3. The van der Waals surface area contributed by atoms with Crippen molar-refractivity contribution in [2.45, 2.75) is 20.0 Å². The summed E-state index contributed by atoms with van der Waals surface area (Å²) in [6.45, 7) is 2.32. The van der Waals surface area contributed by atoms with Crippen molar-refractivity contribution in [1.29, 1.82) is 0 Å². The number of anilines is 1. The summed E-state index contributed by atoms with van der Waals surface area (Å²) in [4.78, 5) is 29.5. The molecule has 30 heavy (non-hydrogen) atoms. The van der Waals surface area contributed by atoms with Gasteiger partial charge >= 0.3 is 0 Å². The van der Waals surface area contributed by atoms with Crippen LogP contribution in [0.5, 0.6) is 0 Å². The van der Waals surface area contributed by atoms with Gasteiger partial charge in [-0.05, 0) is 42.8 Å². The summed E-state index contributed by atoms with van der Waals surface area (Å²) in [5.74, 6) is -0.195. The first-order valence-corrected chi connectivity index (χ1v) is 10.5. The average Bonchev–Trinajstić information content (AvgIpc) is 3.21. The van der Waals surface area contributed by atoms with Gasteiger partial charge in [-0.15, -0.1) is 11.3 Å². The van der Waals surface area contributed by atoms with E-state index in [1.54, 1.807) is 22.3 Å². The summed E-state index contributed by atoms with van der Waals surface area (Å²) in [6, 6.07) is 26.4. The van der Waals surface area contributed by atoms with Crippen molar-refractivity contribution in [2.24, 2.45) is 0 Å². The van der Waals surface area contributed by atoms with E-state index in [4.69, 9.17) is 0 Å². The van der Waals surface area contributed by atoms with Crippen molar-refractivity contribution in [1.82, 2.24) is 9.78 Å². The van der Waals surface area contributed by atoms with Crippen LogP contribution >= 0.6 is 11.3 Å². The lowest BCUT2D eigenvalue weighted by Crippen LogP contribution is -2.37. The Bertz CT molecular complexity index is 1200. The van der Waals surface area contributed by atoms with Crippen LogP contribution in [0.1, 0.15) is 10.4 Å². The topological polar surface area (TPSA) is 55.2 Å². The highest BCUT2D eigenvalue weighted by Crippen LogP contribution is 2.25. The van der Waals surface area contributed by atoms with E-state index in [1.807, 2.05) is 79.7 Å². The predicted octanol–water partition coefficient (Wildman–Crippen LogP) is 4.51. The lowest BCUT2D eigenvalue weighted by Gasteiger charge is -2.23. The van der Waals surface area contributed by atoms with E-state index in [9.17, 15) is 9.59 Å². The maximum atomic E-state index is 13.3. The molecule has 0 fully saturated rings. The second-order valence-corrected chi connectivity index (χ2v) is 8.21. The molecule has 150 valence electrons. The number of carbonyl (C=O) groups excluding carboxylic acids is 1. The van der Waals surface area contributed by atoms with Gasteiger partial charge < -0.3 is 4.90 Å². The van der Waals surface area contributed by atoms with Crippen molar-refractivity contribution in [3.05, 3.63) is 106 Å². The number of aromatic nitrogens is 2. The first-order chi connectivity index (χ1) is 14.6. The molecule has 1 amide bonds. The fraction of sp³-hybridized carbons (Fsp3) is 0.125. The lowest BCUT2D eigenvalue weighted by atomic mass is 10.2. The van der Waals surface area contributed by atoms with Gasteiger partial charge in [0.2, 0.25) is 5.91 Å².